The molecule has 2 amide bonds. The Labute approximate surface area is 119 Å². The molecule has 1 aliphatic rings. The van der Waals surface area contributed by atoms with Crippen molar-refractivity contribution in [2.45, 2.75) is 50.8 Å². The van der Waals surface area contributed by atoms with Gasteiger partial charge in [-0.15, -0.1) is 0 Å². The third-order valence-corrected chi connectivity index (χ3v) is 4.42. The first-order valence-electron chi connectivity index (χ1n) is 6.54. The average molecular weight is 288 g/mol. The van der Waals surface area contributed by atoms with Gasteiger partial charge in [-0.25, -0.2) is 4.79 Å². The summed E-state index contributed by atoms with van der Waals surface area (Å²) >= 11 is 1.87. The van der Waals surface area contributed by atoms with Crippen molar-refractivity contribution in [1.82, 2.24) is 10.2 Å². The Kier molecular flexibility index (Phi) is 5.12. The quantitative estimate of drug-likeness (QED) is 0.832. The molecule has 1 rings (SSSR count). The van der Waals surface area contributed by atoms with Crippen LogP contribution in [0.25, 0.3) is 0 Å². The third-order valence-electron chi connectivity index (χ3n) is 3.12. The van der Waals surface area contributed by atoms with Crippen LogP contribution in [0.2, 0.25) is 0 Å². The minimum Gasteiger partial charge on any atom is -0.481 e. The molecule has 0 saturated carbocycles. The topological polar surface area (TPSA) is 69.6 Å². The highest BCUT2D eigenvalue weighted by atomic mass is 32.2. The van der Waals surface area contributed by atoms with Gasteiger partial charge in [0.1, 0.15) is 0 Å². The van der Waals surface area contributed by atoms with Crippen molar-refractivity contribution in [2.24, 2.45) is 0 Å². The molecule has 6 heteroatoms. The van der Waals surface area contributed by atoms with Gasteiger partial charge in [0.2, 0.25) is 0 Å². The molecule has 0 spiro atoms. The molecule has 0 aromatic heterocycles. The standard InChI is InChI=1S/C13H24N2O3S/c1-12(2,6-5-10(16)17)14-11(18)15-7-8-19-13(3,4)9-15/h5-9H2,1-4H3,(H,14,18)(H,16,17). The number of hydrogen-bond acceptors (Lipinski definition) is 3. The number of hydrogen-bond donors (Lipinski definition) is 2. The fraction of sp³-hybridized carbons (Fsp3) is 0.846. The largest absolute Gasteiger partial charge is 0.481 e. The summed E-state index contributed by atoms with van der Waals surface area (Å²) in [5.74, 6) is 0.105. The van der Waals surface area contributed by atoms with Crippen LogP contribution in [0.4, 0.5) is 4.79 Å². The first-order chi connectivity index (χ1) is 8.61. The van der Waals surface area contributed by atoms with E-state index in [1.807, 2.05) is 30.5 Å². The summed E-state index contributed by atoms with van der Waals surface area (Å²) in [6.07, 6.45) is 0.495. The molecule has 1 aliphatic heterocycles. The number of nitrogens with one attached hydrogen (secondary N) is 1. The van der Waals surface area contributed by atoms with Crippen LogP contribution in [0.5, 0.6) is 0 Å². The molecule has 0 unspecified atom stereocenters. The van der Waals surface area contributed by atoms with Gasteiger partial charge in [0.05, 0.1) is 0 Å². The van der Waals surface area contributed by atoms with Gasteiger partial charge < -0.3 is 15.3 Å². The monoisotopic (exact) mass is 288 g/mol. The Morgan fingerprint density at radius 2 is 2.05 bits per heavy atom. The molecule has 0 aromatic rings. The van der Waals surface area contributed by atoms with Crippen LogP contribution in [0.3, 0.4) is 0 Å². The van der Waals surface area contributed by atoms with Gasteiger partial charge in [0, 0.05) is 35.5 Å². The molecule has 1 fully saturated rings. The average Bonchev–Trinajstić information content (AvgIpc) is 2.24. The lowest BCUT2D eigenvalue weighted by atomic mass is 9.98. The number of rotatable bonds is 4. The predicted molar refractivity (Wildman–Crippen MR) is 77.6 cm³/mol. The first-order valence-corrected chi connectivity index (χ1v) is 7.53. The fourth-order valence-electron chi connectivity index (χ4n) is 2.04. The maximum Gasteiger partial charge on any atom is 0.317 e. The van der Waals surface area contributed by atoms with Crippen molar-refractivity contribution in [3.63, 3.8) is 0 Å². The molecular weight excluding hydrogens is 264 g/mol. The van der Waals surface area contributed by atoms with Gasteiger partial charge in [-0.1, -0.05) is 0 Å². The van der Waals surface area contributed by atoms with Gasteiger partial charge in [0.15, 0.2) is 0 Å². The lowest BCUT2D eigenvalue weighted by Crippen LogP contribution is -2.55. The number of thioether (sulfide) groups is 1. The molecule has 0 atom stereocenters. The van der Waals surface area contributed by atoms with Gasteiger partial charge in [0.25, 0.3) is 0 Å². The first kappa shape index (κ1) is 16.1. The molecule has 0 bridgehead atoms. The van der Waals surface area contributed by atoms with Crippen molar-refractivity contribution in [1.29, 1.82) is 0 Å². The van der Waals surface area contributed by atoms with Gasteiger partial charge in [-0.3, -0.25) is 4.79 Å². The summed E-state index contributed by atoms with van der Waals surface area (Å²) in [5, 5.41) is 11.6. The van der Waals surface area contributed by atoms with Crippen molar-refractivity contribution >= 4 is 23.8 Å². The van der Waals surface area contributed by atoms with Crippen LogP contribution in [-0.4, -0.2) is 51.1 Å². The van der Waals surface area contributed by atoms with Crippen LogP contribution >= 0.6 is 11.8 Å². The summed E-state index contributed by atoms with van der Waals surface area (Å²) < 4.78 is 0.0841. The van der Waals surface area contributed by atoms with E-state index < -0.39 is 11.5 Å². The zero-order valence-corrected chi connectivity index (χ0v) is 13.0. The zero-order chi connectivity index (χ0) is 14.7. The van der Waals surface area contributed by atoms with E-state index in [0.717, 1.165) is 18.8 Å². The summed E-state index contributed by atoms with van der Waals surface area (Å²) in [4.78, 5) is 24.6. The van der Waals surface area contributed by atoms with Crippen LogP contribution in [0.1, 0.15) is 40.5 Å². The molecule has 5 nitrogen and oxygen atoms in total. The number of carboxylic acids is 1. The number of amides is 2. The number of urea groups is 1. The molecular formula is C13H24N2O3S. The maximum atomic E-state index is 12.2. The Bertz CT molecular complexity index is 356. The van der Waals surface area contributed by atoms with Crippen LogP contribution < -0.4 is 5.32 Å². The third kappa shape index (κ3) is 5.72. The van der Waals surface area contributed by atoms with Crippen molar-refractivity contribution < 1.29 is 14.7 Å². The van der Waals surface area contributed by atoms with Gasteiger partial charge in [-0.05, 0) is 34.1 Å². The number of carboxylic acid groups (broad SMARTS) is 1. The number of carbonyl (C=O) groups excluding carboxylic acids is 1. The van der Waals surface area contributed by atoms with Crippen LogP contribution in [-0.2, 0) is 4.79 Å². The summed E-state index contributed by atoms with van der Waals surface area (Å²) in [6, 6.07) is -0.0937. The lowest BCUT2D eigenvalue weighted by molar-refractivity contribution is -0.137. The molecule has 2 N–H and O–H groups in total. The smallest absolute Gasteiger partial charge is 0.317 e. The van der Waals surface area contributed by atoms with Crippen molar-refractivity contribution in [2.75, 3.05) is 18.8 Å². The molecule has 0 aliphatic carbocycles. The summed E-state index contributed by atoms with van der Waals surface area (Å²) in [7, 11) is 0. The molecule has 0 aromatic carbocycles. The number of carbonyl (C=O) groups is 2. The minimum absolute atomic E-state index is 0.0641. The minimum atomic E-state index is -0.835. The van der Waals surface area contributed by atoms with Gasteiger partial charge >= 0.3 is 12.0 Å². The number of nitrogens with zero attached hydrogens (tertiary/aromatic N) is 1. The highest BCUT2D eigenvalue weighted by molar-refractivity contribution is 8.00. The Balaban J connectivity index is 2.51. The summed E-state index contributed by atoms with van der Waals surface area (Å²) in [5.41, 5.74) is -0.496. The van der Waals surface area contributed by atoms with E-state index in [1.54, 1.807) is 0 Å². The fourth-order valence-corrected chi connectivity index (χ4v) is 3.15. The van der Waals surface area contributed by atoms with Gasteiger partial charge in [-0.2, -0.15) is 11.8 Å². The normalized spacial score (nSPS) is 19.1. The van der Waals surface area contributed by atoms with Crippen LogP contribution in [0, 0.1) is 0 Å². The Hall–Kier alpha value is -0.910. The van der Waals surface area contributed by atoms with Crippen LogP contribution in [0.15, 0.2) is 0 Å². The van der Waals surface area contributed by atoms with E-state index in [-0.39, 0.29) is 17.2 Å². The molecule has 0 radical (unpaired) electrons. The SMILES string of the molecule is CC(C)(CCC(=O)O)NC(=O)N1CCSC(C)(C)C1. The van der Waals surface area contributed by atoms with Crippen molar-refractivity contribution in [3.8, 4) is 0 Å². The van der Waals surface area contributed by atoms with Crippen molar-refractivity contribution in [3.05, 3.63) is 0 Å². The van der Waals surface area contributed by atoms with E-state index in [0.29, 0.717) is 6.42 Å². The highest BCUT2D eigenvalue weighted by Crippen LogP contribution is 2.29. The maximum absolute atomic E-state index is 12.2. The van der Waals surface area contributed by atoms with E-state index in [4.69, 9.17) is 5.11 Å². The molecule has 1 saturated heterocycles. The highest BCUT2D eigenvalue weighted by Gasteiger charge is 2.31. The Morgan fingerprint density at radius 3 is 2.58 bits per heavy atom. The lowest BCUT2D eigenvalue weighted by Gasteiger charge is -2.39. The second-order valence-electron chi connectivity index (χ2n) is 6.24. The molecule has 1 heterocycles. The van der Waals surface area contributed by atoms with E-state index in [1.165, 1.54) is 0 Å². The van der Waals surface area contributed by atoms with E-state index in [9.17, 15) is 9.59 Å². The molecule has 110 valence electrons. The number of aliphatic carboxylic acids is 1. The predicted octanol–water partition coefficient (Wildman–Crippen LogP) is 2.17. The van der Waals surface area contributed by atoms with E-state index in [2.05, 4.69) is 19.2 Å². The zero-order valence-electron chi connectivity index (χ0n) is 12.2. The molecule has 19 heavy (non-hydrogen) atoms. The second-order valence-corrected chi connectivity index (χ2v) is 8.04. The van der Waals surface area contributed by atoms with E-state index >= 15 is 0 Å². The second kappa shape index (κ2) is 6.03. The Morgan fingerprint density at radius 1 is 1.42 bits per heavy atom. The summed E-state index contributed by atoms with van der Waals surface area (Å²) in [6.45, 7) is 9.45.